The van der Waals surface area contributed by atoms with Gasteiger partial charge in [0.2, 0.25) is 0 Å². The van der Waals surface area contributed by atoms with Crippen LogP contribution in [0, 0.1) is 0 Å². The first kappa shape index (κ1) is 18.6. The summed E-state index contributed by atoms with van der Waals surface area (Å²) in [4.78, 5) is 27.0. The van der Waals surface area contributed by atoms with E-state index in [-0.39, 0.29) is 22.5 Å². The lowest BCUT2D eigenvalue weighted by Crippen LogP contribution is -2.37. The number of amides is 2. The Morgan fingerprint density at radius 2 is 1.21 bits per heavy atom. The Bertz CT molecular complexity index is 1020. The van der Waals surface area contributed by atoms with Gasteiger partial charge in [-0.3, -0.25) is 9.59 Å². The van der Waals surface area contributed by atoms with Crippen molar-refractivity contribution < 1.29 is 19.8 Å². The van der Waals surface area contributed by atoms with E-state index in [1.807, 2.05) is 0 Å². The van der Waals surface area contributed by atoms with E-state index in [9.17, 15) is 19.8 Å². The number of aromatic hydroxyl groups is 2. The SMILES string of the molecule is Nc1cccc(C(=O)N(C(=O)c2cccc(N)c2)c2cc(O)c(N)cc2O)c1. The van der Waals surface area contributed by atoms with Gasteiger partial charge in [-0.1, -0.05) is 12.1 Å². The summed E-state index contributed by atoms with van der Waals surface area (Å²) in [6.07, 6.45) is 0. The van der Waals surface area contributed by atoms with Crippen LogP contribution in [-0.2, 0) is 0 Å². The second-order valence-electron chi connectivity index (χ2n) is 6.10. The molecule has 0 atom stereocenters. The molecule has 0 spiro atoms. The standard InChI is InChI=1S/C20H18N4O4/c21-13-5-1-3-11(7-13)19(27)24(16-10-17(25)15(23)9-18(16)26)20(28)12-4-2-6-14(22)8-12/h1-10,25-26H,21-23H2. The molecular weight excluding hydrogens is 360 g/mol. The molecule has 8 N–H and O–H groups in total. The Morgan fingerprint density at radius 1 is 0.714 bits per heavy atom. The molecule has 2 amide bonds. The van der Waals surface area contributed by atoms with Gasteiger partial charge >= 0.3 is 0 Å². The molecule has 3 aromatic carbocycles. The number of anilines is 4. The number of phenolic OH excluding ortho intramolecular Hbond substituents is 2. The minimum Gasteiger partial charge on any atom is -0.506 e. The fourth-order valence-electron chi connectivity index (χ4n) is 2.67. The second kappa shape index (κ2) is 7.20. The van der Waals surface area contributed by atoms with Crippen LogP contribution >= 0.6 is 0 Å². The first-order valence-electron chi connectivity index (χ1n) is 8.19. The van der Waals surface area contributed by atoms with Gasteiger partial charge in [-0.2, -0.15) is 0 Å². The van der Waals surface area contributed by atoms with Crippen LogP contribution in [0.15, 0.2) is 60.7 Å². The van der Waals surface area contributed by atoms with Gasteiger partial charge in [-0.25, -0.2) is 4.90 Å². The number of carbonyl (C=O) groups is 2. The highest BCUT2D eigenvalue weighted by Crippen LogP contribution is 2.37. The molecule has 3 aromatic rings. The molecule has 28 heavy (non-hydrogen) atoms. The molecule has 3 rings (SSSR count). The van der Waals surface area contributed by atoms with Crippen LogP contribution in [0.25, 0.3) is 0 Å². The largest absolute Gasteiger partial charge is 0.506 e. The van der Waals surface area contributed by atoms with Gasteiger partial charge in [0.05, 0.1) is 11.4 Å². The number of carbonyl (C=O) groups excluding carboxylic acids is 2. The number of phenols is 2. The van der Waals surface area contributed by atoms with Crippen LogP contribution in [-0.4, -0.2) is 22.0 Å². The number of hydrogen-bond acceptors (Lipinski definition) is 7. The summed E-state index contributed by atoms with van der Waals surface area (Å²) < 4.78 is 0. The third-order valence-corrected chi connectivity index (χ3v) is 4.04. The second-order valence-corrected chi connectivity index (χ2v) is 6.10. The first-order chi connectivity index (χ1) is 13.3. The summed E-state index contributed by atoms with van der Waals surface area (Å²) in [5.74, 6) is -2.35. The van der Waals surface area contributed by atoms with Gasteiger partial charge in [0.1, 0.15) is 11.5 Å². The van der Waals surface area contributed by atoms with Crippen molar-refractivity contribution in [2.24, 2.45) is 0 Å². The number of rotatable bonds is 3. The van der Waals surface area contributed by atoms with E-state index < -0.39 is 23.3 Å². The molecule has 142 valence electrons. The summed E-state index contributed by atoms with van der Waals surface area (Å²) >= 11 is 0. The fraction of sp³-hybridized carbons (Fsp3) is 0. The average molecular weight is 378 g/mol. The minimum absolute atomic E-state index is 0.103. The van der Waals surface area contributed by atoms with E-state index in [4.69, 9.17) is 17.2 Å². The van der Waals surface area contributed by atoms with Gasteiger partial charge in [0.15, 0.2) is 0 Å². The normalized spacial score (nSPS) is 10.4. The average Bonchev–Trinajstić information content (AvgIpc) is 2.65. The van der Waals surface area contributed by atoms with Crippen LogP contribution in [0.2, 0.25) is 0 Å². The van der Waals surface area contributed by atoms with Crippen LogP contribution < -0.4 is 22.1 Å². The highest BCUT2D eigenvalue weighted by atomic mass is 16.3. The number of benzene rings is 3. The molecular formula is C20H18N4O4. The molecule has 0 fully saturated rings. The van der Waals surface area contributed by atoms with Crippen molar-refractivity contribution in [2.75, 3.05) is 22.1 Å². The van der Waals surface area contributed by atoms with Crippen LogP contribution in [0.1, 0.15) is 20.7 Å². The number of nitrogens with two attached hydrogens (primary N) is 3. The zero-order chi connectivity index (χ0) is 20.4. The quantitative estimate of drug-likeness (QED) is 0.203. The van der Waals surface area contributed by atoms with Gasteiger partial charge in [0.25, 0.3) is 11.8 Å². The van der Waals surface area contributed by atoms with Crippen molar-refractivity contribution in [2.45, 2.75) is 0 Å². The predicted molar refractivity (Wildman–Crippen MR) is 107 cm³/mol. The maximum Gasteiger partial charge on any atom is 0.265 e. The lowest BCUT2D eigenvalue weighted by molar-refractivity contribution is 0.0896. The van der Waals surface area contributed by atoms with E-state index in [0.717, 1.165) is 17.0 Å². The van der Waals surface area contributed by atoms with Gasteiger partial charge in [-0.15, -0.1) is 0 Å². The molecule has 0 aliphatic carbocycles. The Balaban J connectivity index is 2.18. The van der Waals surface area contributed by atoms with Crippen LogP contribution in [0.5, 0.6) is 11.5 Å². The van der Waals surface area contributed by atoms with Crippen LogP contribution in [0.4, 0.5) is 22.7 Å². The molecule has 0 heterocycles. The van der Waals surface area contributed by atoms with Crippen molar-refractivity contribution in [3.05, 3.63) is 71.8 Å². The van der Waals surface area contributed by atoms with E-state index in [2.05, 4.69) is 0 Å². The van der Waals surface area contributed by atoms with Crippen molar-refractivity contribution in [1.82, 2.24) is 0 Å². The predicted octanol–water partition coefficient (Wildman–Crippen LogP) is 2.33. The molecule has 0 bridgehead atoms. The first-order valence-corrected chi connectivity index (χ1v) is 8.19. The number of nitrogen functional groups attached to an aromatic ring is 3. The Kier molecular flexibility index (Phi) is 4.78. The summed E-state index contributed by atoms with van der Waals surface area (Å²) in [6.45, 7) is 0. The summed E-state index contributed by atoms with van der Waals surface area (Å²) in [6, 6.07) is 14.2. The maximum absolute atomic E-state index is 13.1. The highest BCUT2D eigenvalue weighted by Gasteiger charge is 2.29. The van der Waals surface area contributed by atoms with Crippen molar-refractivity contribution >= 4 is 34.6 Å². The fourth-order valence-corrected chi connectivity index (χ4v) is 2.67. The monoisotopic (exact) mass is 378 g/mol. The van der Waals surface area contributed by atoms with Crippen molar-refractivity contribution in [1.29, 1.82) is 0 Å². The Labute approximate surface area is 160 Å². The summed E-state index contributed by atoms with van der Waals surface area (Å²) in [5.41, 5.74) is 17.6. The van der Waals surface area contributed by atoms with Crippen LogP contribution in [0.3, 0.4) is 0 Å². The zero-order valence-corrected chi connectivity index (χ0v) is 14.7. The molecule has 0 saturated heterocycles. The molecule has 8 nitrogen and oxygen atoms in total. The lowest BCUT2D eigenvalue weighted by atomic mass is 10.1. The molecule has 0 aliphatic heterocycles. The molecule has 0 saturated carbocycles. The number of imide groups is 1. The number of hydrogen-bond donors (Lipinski definition) is 5. The van der Waals surface area contributed by atoms with Gasteiger partial charge < -0.3 is 27.4 Å². The van der Waals surface area contributed by atoms with Crippen molar-refractivity contribution in [3.8, 4) is 11.5 Å². The van der Waals surface area contributed by atoms with E-state index in [0.29, 0.717) is 11.4 Å². The molecule has 0 aromatic heterocycles. The lowest BCUT2D eigenvalue weighted by Gasteiger charge is -2.23. The summed E-state index contributed by atoms with van der Waals surface area (Å²) in [7, 11) is 0. The van der Waals surface area contributed by atoms with Gasteiger partial charge in [-0.05, 0) is 36.4 Å². The highest BCUT2D eigenvalue weighted by molar-refractivity contribution is 6.26. The third-order valence-electron chi connectivity index (χ3n) is 4.04. The minimum atomic E-state index is -0.751. The zero-order valence-electron chi connectivity index (χ0n) is 14.7. The maximum atomic E-state index is 13.1. The van der Waals surface area contributed by atoms with Crippen molar-refractivity contribution in [3.63, 3.8) is 0 Å². The van der Waals surface area contributed by atoms with E-state index >= 15 is 0 Å². The number of nitrogens with zero attached hydrogens (tertiary/aromatic N) is 1. The molecule has 0 radical (unpaired) electrons. The molecule has 0 aliphatic rings. The van der Waals surface area contributed by atoms with E-state index in [1.54, 1.807) is 24.3 Å². The summed E-state index contributed by atoms with van der Waals surface area (Å²) in [5, 5.41) is 20.2. The Hall–Kier alpha value is -4.20. The van der Waals surface area contributed by atoms with E-state index in [1.165, 1.54) is 24.3 Å². The van der Waals surface area contributed by atoms with Gasteiger partial charge in [0, 0.05) is 34.6 Å². The molecule has 8 heteroatoms. The Morgan fingerprint density at radius 3 is 1.68 bits per heavy atom. The molecule has 0 unspecified atom stereocenters. The third kappa shape index (κ3) is 3.51. The smallest absolute Gasteiger partial charge is 0.265 e. The topological polar surface area (TPSA) is 156 Å².